The fraction of sp³-hybridized carbons (Fsp3) is 0.500. The van der Waals surface area contributed by atoms with E-state index in [-0.39, 0.29) is 11.8 Å². The minimum atomic E-state index is 0.176. The molecule has 0 unspecified atom stereocenters. The molecule has 1 amide bonds. The number of benzene rings is 1. The molecule has 3 nitrogen and oxygen atoms in total. The standard InChI is InChI=1S/C14H20N2O/c1-11-9-13(7-8-15-11)14(17)16-10-12-5-3-2-4-6-12/h2-6,11,13,15H,7-10H2,1H3,(H,16,17)/t11-,13-/m0/s1. The third-order valence-corrected chi connectivity index (χ3v) is 3.30. The molecular formula is C14H20N2O. The van der Waals surface area contributed by atoms with E-state index in [0.29, 0.717) is 12.6 Å². The molecule has 1 saturated heterocycles. The maximum atomic E-state index is 12.0. The van der Waals surface area contributed by atoms with Gasteiger partial charge in [-0.05, 0) is 31.9 Å². The second-order valence-electron chi connectivity index (χ2n) is 4.78. The van der Waals surface area contributed by atoms with Crippen molar-refractivity contribution >= 4 is 5.91 Å². The summed E-state index contributed by atoms with van der Waals surface area (Å²) in [5.41, 5.74) is 1.16. The van der Waals surface area contributed by atoms with Crippen molar-refractivity contribution in [2.24, 2.45) is 5.92 Å². The number of carbonyl (C=O) groups excluding carboxylic acids is 1. The average Bonchev–Trinajstić information content (AvgIpc) is 2.37. The number of nitrogens with one attached hydrogen (secondary N) is 2. The van der Waals surface area contributed by atoms with Gasteiger partial charge in [-0.2, -0.15) is 0 Å². The lowest BCUT2D eigenvalue weighted by molar-refractivity contribution is -0.126. The van der Waals surface area contributed by atoms with Crippen molar-refractivity contribution in [3.63, 3.8) is 0 Å². The predicted octanol–water partition coefficient (Wildman–Crippen LogP) is 1.69. The molecule has 1 aliphatic heterocycles. The zero-order valence-electron chi connectivity index (χ0n) is 10.3. The van der Waals surface area contributed by atoms with E-state index in [9.17, 15) is 4.79 Å². The van der Waals surface area contributed by atoms with E-state index in [1.165, 1.54) is 0 Å². The maximum absolute atomic E-state index is 12.0. The van der Waals surface area contributed by atoms with E-state index < -0.39 is 0 Å². The molecule has 0 aromatic heterocycles. The first-order valence-corrected chi connectivity index (χ1v) is 6.30. The van der Waals surface area contributed by atoms with Crippen LogP contribution in [0.4, 0.5) is 0 Å². The topological polar surface area (TPSA) is 41.1 Å². The maximum Gasteiger partial charge on any atom is 0.223 e. The highest BCUT2D eigenvalue weighted by molar-refractivity contribution is 5.78. The van der Waals surface area contributed by atoms with Crippen molar-refractivity contribution in [3.05, 3.63) is 35.9 Å². The molecule has 0 spiro atoms. The van der Waals surface area contributed by atoms with Gasteiger partial charge in [0.1, 0.15) is 0 Å². The number of piperidine rings is 1. The summed E-state index contributed by atoms with van der Waals surface area (Å²) in [5, 5.41) is 6.38. The van der Waals surface area contributed by atoms with Gasteiger partial charge in [0.25, 0.3) is 0 Å². The van der Waals surface area contributed by atoms with Crippen molar-refractivity contribution in [1.82, 2.24) is 10.6 Å². The number of carbonyl (C=O) groups is 1. The highest BCUT2D eigenvalue weighted by Gasteiger charge is 2.24. The Morgan fingerprint density at radius 2 is 2.18 bits per heavy atom. The van der Waals surface area contributed by atoms with Crippen molar-refractivity contribution in [3.8, 4) is 0 Å². The van der Waals surface area contributed by atoms with Gasteiger partial charge in [0.05, 0.1) is 0 Å². The summed E-state index contributed by atoms with van der Waals surface area (Å²) in [7, 11) is 0. The molecule has 2 atom stereocenters. The lowest BCUT2D eigenvalue weighted by Crippen LogP contribution is -2.42. The van der Waals surface area contributed by atoms with Crippen molar-refractivity contribution in [1.29, 1.82) is 0 Å². The van der Waals surface area contributed by atoms with Crippen LogP contribution in [0.5, 0.6) is 0 Å². The Kier molecular flexibility index (Phi) is 4.15. The van der Waals surface area contributed by atoms with Crippen LogP contribution in [0.3, 0.4) is 0 Å². The molecule has 0 radical (unpaired) electrons. The highest BCUT2D eigenvalue weighted by atomic mass is 16.1. The summed E-state index contributed by atoms with van der Waals surface area (Å²) in [6.45, 7) is 3.72. The second kappa shape index (κ2) is 5.82. The molecule has 17 heavy (non-hydrogen) atoms. The van der Waals surface area contributed by atoms with E-state index in [0.717, 1.165) is 24.9 Å². The number of amides is 1. The molecule has 1 fully saturated rings. The molecule has 0 aliphatic carbocycles. The van der Waals surface area contributed by atoms with Crippen LogP contribution in [0.2, 0.25) is 0 Å². The first-order chi connectivity index (χ1) is 8.25. The minimum absolute atomic E-state index is 0.176. The summed E-state index contributed by atoms with van der Waals surface area (Å²) < 4.78 is 0. The van der Waals surface area contributed by atoms with E-state index in [4.69, 9.17) is 0 Å². The largest absolute Gasteiger partial charge is 0.352 e. The van der Waals surface area contributed by atoms with E-state index >= 15 is 0 Å². The highest BCUT2D eigenvalue weighted by Crippen LogP contribution is 2.16. The van der Waals surface area contributed by atoms with Crippen molar-refractivity contribution in [2.45, 2.75) is 32.4 Å². The SMILES string of the molecule is C[C@H]1C[C@@H](C(=O)NCc2ccccc2)CCN1. The van der Waals surface area contributed by atoms with Gasteiger partial charge in [0, 0.05) is 18.5 Å². The molecule has 0 bridgehead atoms. The van der Waals surface area contributed by atoms with Crippen LogP contribution in [-0.2, 0) is 11.3 Å². The van der Waals surface area contributed by atoms with E-state index in [1.54, 1.807) is 0 Å². The van der Waals surface area contributed by atoms with Gasteiger partial charge in [0.15, 0.2) is 0 Å². The molecule has 1 heterocycles. The molecule has 1 aromatic carbocycles. The van der Waals surface area contributed by atoms with Crippen molar-refractivity contribution < 1.29 is 4.79 Å². The Labute approximate surface area is 103 Å². The first kappa shape index (κ1) is 12.1. The summed E-state index contributed by atoms with van der Waals surface area (Å²) in [6, 6.07) is 10.5. The quantitative estimate of drug-likeness (QED) is 0.832. The number of rotatable bonds is 3. The number of hydrogen-bond donors (Lipinski definition) is 2. The van der Waals surface area contributed by atoms with E-state index in [2.05, 4.69) is 17.6 Å². The Balaban J connectivity index is 1.81. The third kappa shape index (κ3) is 3.56. The van der Waals surface area contributed by atoms with Crippen LogP contribution in [0.15, 0.2) is 30.3 Å². The Morgan fingerprint density at radius 1 is 1.41 bits per heavy atom. The summed E-state index contributed by atoms with van der Waals surface area (Å²) >= 11 is 0. The molecule has 1 aliphatic rings. The fourth-order valence-corrected chi connectivity index (χ4v) is 2.30. The predicted molar refractivity (Wildman–Crippen MR) is 68.5 cm³/mol. The van der Waals surface area contributed by atoms with Crippen LogP contribution in [0.25, 0.3) is 0 Å². The van der Waals surface area contributed by atoms with Crippen LogP contribution < -0.4 is 10.6 Å². The smallest absolute Gasteiger partial charge is 0.223 e. The summed E-state index contributed by atoms with van der Waals surface area (Å²) in [6.07, 6.45) is 1.89. The lowest BCUT2D eigenvalue weighted by atomic mass is 9.92. The van der Waals surface area contributed by atoms with Crippen LogP contribution in [0.1, 0.15) is 25.3 Å². The molecule has 2 rings (SSSR count). The Morgan fingerprint density at radius 3 is 2.88 bits per heavy atom. The van der Waals surface area contributed by atoms with Crippen LogP contribution in [0, 0.1) is 5.92 Å². The van der Waals surface area contributed by atoms with Gasteiger partial charge in [-0.3, -0.25) is 4.79 Å². The molecule has 0 saturated carbocycles. The Hall–Kier alpha value is -1.35. The molecule has 92 valence electrons. The van der Waals surface area contributed by atoms with Gasteiger partial charge in [-0.15, -0.1) is 0 Å². The number of hydrogen-bond acceptors (Lipinski definition) is 2. The summed E-state index contributed by atoms with van der Waals surface area (Å²) in [4.78, 5) is 12.0. The van der Waals surface area contributed by atoms with Gasteiger partial charge in [-0.25, -0.2) is 0 Å². The molecule has 2 N–H and O–H groups in total. The lowest BCUT2D eigenvalue weighted by Gasteiger charge is -2.27. The molecule has 1 aromatic rings. The minimum Gasteiger partial charge on any atom is -0.352 e. The Bertz CT molecular complexity index is 364. The molecular weight excluding hydrogens is 212 g/mol. The zero-order valence-corrected chi connectivity index (χ0v) is 10.3. The summed E-state index contributed by atoms with van der Waals surface area (Å²) in [5.74, 6) is 0.372. The monoisotopic (exact) mass is 232 g/mol. The first-order valence-electron chi connectivity index (χ1n) is 6.30. The fourth-order valence-electron chi connectivity index (χ4n) is 2.30. The zero-order chi connectivity index (χ0) is 12.1. The van der Waals surface area contributed by atoms with Gasteiger partial charge in [-0.1, -0.05) is 30.3 Å². The third-order valence-electron chi connectivity index (χ3n) is 3.30. The van der Waals surface area contributed by atoms with Gasteiger partial charge in [0.2, 0.25) is 5.91 Å². The van der Waals surface area contributed by atoms with Crippen LogP contribution >= 0.6 is 0 Å². The van der Waals surface area contributed by atoms with Gasteiger partial charge >= 0.3 is 0 Å². The van der Waals surface area contributed by atoms with E-state index in [1.807, 2.05) is 30.3 Å². The van der Waals surface area contributed by atoms with Gasteiger partial charge < -0.3 is 10.6 Å². The molecule has 3 heteroatoms. The normalized spacial score (nSPS) is 24.3. The van der Waals surface area contributed by atoms with Crippen LogP contribution in [-0.4, -0.2) is 18.5 Å². The van der Waals surface area contributed by atoms with Crippen molar-refractivity contribution in [2.75, 3.05) is 6.54 Å². The second-order valence-corrected chi connectivity index (χ2v) is 4.78. The average molecular weight is 232 g/mol.